The predicted molar refractivity (Wildman–Crippen MR) is 163 cm³/mol. The molecule has 0 aromatic heterocycles. The third-order valence-corrected chi connectivity index (χ3v) is 13.4. The fraction of sp³-hybridized carbons (Fsp3) is 0.778. The number of nitriles is 1. The van der Waals surface area contributed by atoms with E-state index in [9.17, 15) is 19.6 Å². The van der Waals surface area contributed by atoms with E-state index in [0.29, 0.717) is 13.2 Å². The molecule has 0 spiro atoms. The van der Waals surface area contributed by atoms with Crippen LogP contribution in [-0.2, 0) is 14.3 Å². The second-order valence-corrected chi connectivity index (χ2v) is 16.4. The number of Topliss-reactive ketones (excluding diaryl/α,β-unsaturated/α-hetero) is 1. The number of allylic oxidation sites excluding steroid dienone is 4. The molecule has 0 bridgehead atoms. The van der Waals surface area contributed by atoms with Crippen LogP contribution in [0, 0.1) is 61.6 Å². The molecule has 42 heavy (non-hydrogen) atoms. The van der Waals surface area contributed by atoms with Gasteiger partial charge >= 0.3 is 6.09 Å². The minimum atomic E-state index is -0.650. The van der Waals surface area contributed by atoms with Crippen molar-refractivity contribution >= 4 is 17.7 Å². The number of ketones is 2. The summed E-state index contributed by atoms with van der Waals surface area (Å²) < 4.78 is 5.45. The zero-order chi connectivity index (χ0) is 30.9. The van der Waals surface area contributed by atoms with Crippen LogP contribution < -0.4 is 5.32 Å². The zero-order valence-electron chi connectivity index (χ0n) is 27.2. The summed E-state index contributed by atoms with van der Waals surface area (Å²) in [5.74, 6) is 0.473. The largest absolute Gasteiger partial charge is 0.450 e. The monoisotopic (exact) mass is 576 g/mol. The number of carbonyl (C=O) groups excluding carboxylic acids is 3. The first-order valence-electron chi connectivity index (χ1n) is 16.4. The van der Waals surface area contributed by atoms with Gasteiger partial charge in [0.25, 0.3) is 0 Å². The molecule has 5 aliphatic rings. The van der Waals surface area contributed by atoms with Gasteiger partial charge in [0, 0.05) is 23.3 Å². The van der Waals surface area contributed by atoms with Gasteiger partial charge in [-0.05, 0) is 104 Å². The number of nitrogens with one attached hydrogen (secondary N) is 1. The molecule has 0 aromatic carbocycles. The molecule has 0 heterocycles. The van der Waals surface area contributed by atoms with Gasteiger partial charge in [-0.25, -0.2) is 4.79 Å². The van der Waals surface area contributed by atoms with Crippen molar-refractivity contribution < 1.29 is 19.1 Å². The summed E-state index contributed by atoms with van der Waals surface area (Å²) in [4.78, 5) is 39.8. The van der Waals surface area contributed by atoms with E-state index in [-0.39, 0.29) is 62.6 Å². The summed E-state index contributed by atoms with van der Waals surface area (Å²) in [5.41, 5.74) is 0.106. The van der Waals surface area contributed by atoms with Gasteiger partial charge in [0.1, 0.15) is 6.07 Å². The minimum Gasteiger partial charge on any atom is -0.450 e. The van der Waals surface area contributed by atoms with E-state index in [1.165, 1.54) is 0 Å². The molecule has 0 aromatic rings. The van der Waals surface area contributed by atoms with Crippen LogP contribution in [0.5, 0.6) is 0 Å². The lowest BCUT2D eigenvalue weighted by Crippen LogP contribution is -2.64. The summed E-state index contributed by atoms with van der Waals surface area (Å²) in [6.45, 7) is 18.5. The first kappa shape index (κ1) is 31.0. The van der Waals surface area contributed by atoms with Crippen LogP contribution in [-0.4, -0.2) is 30.8 Å². The molecule has 3 fully saturated rings. The van der Waals surface area contributed by atoms with Crippen LogP contribution in [0.15, 0.2) is 23.3 Å². The van der Waals surface area contributed by atoms with E-state index in [2.05, 4.69) is 46.0 Å². The van der Waals surface area contributed by atoms with Crippen LogP contribution in [0.1, 0.15) is 113 Å². The summed E-state index contributed by atoms with van der Waals surface area (Å²) in [6, 6.07) is 2.21. The number of rotatable bonds is 5. The van der Waals surface area contributed by atoms with Crippen molar-refractivity contribution in [3.05, 3.63) is 23.3 Å². The second kappa shape index (κ2) is 10.1. The number of carbonyl (C=O) groups is 3. The maximum atomic E-state index is 14.6. The van der Waals surface area contributed by atoms with Gasteiger partial charge in [-0.3, -0.25) is 9.59 Å². The first-order chi connectivity index (χ1) is 19.5. The Morgan fingerprint density at radius 3 is 2.40 bits per heavy atom. The summed E-state index contributed by atoms with van der Waals surface area (Å²) >= 11 is 0. The van der Waals surface area contributed by atoms with E-state index < -0.39 is 10.8 Å². The van der Waals surface area contributed by atoms with Crippen LogP contribution in [0.2, 0.25) is 0 Å². The van der Waals surface area contributed by atoms with E-state index in [4.69, 9.17) is 4.74 Å². The van der Waals surface area contributed by atoms with Gasteiger partial charge in [0.05, 0.1) is 12.2 Å². The number of hydrogen-bond donors (Lipinski definition) is 1. The van der Waals surface area contributed by atoms with Gasteiger partial charge in [-0.2, -0.15) is 5.26 Å². The van der Waals surface area contributed by atoms with Gasteiger partial charge in [0.15, 0.2) is 11.6 Å². The average Bonchev–Trinajstić information content (AvgIpc) is 2.90. The molecular formula is C36H52N2O4. The van der Waals surface area contributed by atoms with Crippen LogP contribution >= 0.6 is 0 Å². The van der Waals surface area contributed by atoms with Crippen molar-refractivity contribution in [3.8, 4) is 6.07 Å². The number of alkyl carbamates (subject to hydrolysis) is 1. The third kappa shape index (κ3) is 4.34. The number of ether oxygens (including phenoxy) is 1. The van der Waals surface area contributed by atoms with Gasteiger partial charge in [-0.15, -0.1) is 0 Å². The minimum absolute atomic E-state index is 0.0540. The van der Waals surface area contributed by atoms with Gasteiger partial charge in [-0.1, -0.05) is 60.1 Å². The van der Waals surface area contributed by atoms with Crippen LogP contribution in [0.3, 0.4) is 0 Å². The van der Waals surface area contributed by atoms with Gasteiger partial charge < -0.3 is 10.1 Å². The average molecular weight is 577 g/mol. The van der Waals surface area contributed by atoms with E-state index in [1.54, 1.807) is 0 Å². The molecule has 230 valence electrons. The van der Waals surface area contributed by atoms with Crippen LogP contribution in [0.4, 0.5) is 4.79 Å². The molecule has 0 radical (unpaired) electrons. The molecule has 6 heteroatoms. The molecule has 3 saturated carbocycles. The molecule has 1 N–H and O–H groups in total. The fourth-order valence-corrected chi connectivity index (χ4v) is 11.0. The molecule has 7 atom stereocenters. The van der Waals surface area contributed by atoms with E-state index >= 15 is 0 Å². The van der Waals surface area contributed by atoms with Gasteiger partial charge in [0.2, 0.25) is 0 Å². The maximum Gasteiger partial charge on any atom is 0.407 e. The third-order valence-electron chi connectivity index (χ3n) is 13.4. The smallest absolute Gasteiger partial charge is 0.407 e. The lowest BCUT2D eigenvalue weighted by Gasteiger charge is -2.69. The Morgan fingerprint density at radius 2 is 1.74 bits per heavy atom. The lowest BCUT2D eigenvalue weighted by atomic mass is 9.34. The lowest BCUT2D eigenvalue weighted by molar-refractivity contribution is -0.173. The fourth-order valence-electron chi connectivity index (χ4n) is 11.0. The second-order valence-electron chi connectivity index (χ2n) is 16.4. The first-order valence-corrected chi connectivity index (χ1v) is 16.4. The highest BCUT2D eigenvalue weighted by Gasteiger charge is 2.69. The predicted octanol–water partition coefficient (Wildman–Crippen LogP) is 7.73. The number of amides is 1. The molecule has 0 aliphatic heterocycles. The SMILES string of the molecule is CCNC(=O)OCCC[C@]12CCC(C)(C)CC1C1C(=O)C=C3[C@@]4(C)C=C(C#N)C(=O)C(C)(C)[C@@H]4CC[C@@]3(C)[C@]1(C)CC2. The standard InChI is InChI=1S/C36H52N2O4/c1-9-38-30(41)42-18-10-12-36-16-14-31(2,3)21-24(36)28-25(39)19-27-33(6)20-23(22-37)29(40)32(4,5)26(33)11-13-34(27,7)35(28,8)15-17-36/h19-20,24,26,28H,9-18,21H2,1-8H3,(H,38,41)/t24?,26-,28?,33-,34+,35+,36+/m0/s1. The van der Waals surface area contributed by atoms with Crippen molar-refractivity contribution in [1.82, 2.24) is 5.32 Å². The molecule has 5 rings (SSSR count). The summed E-state index contributed by atoms with van der Waals surface area (Å²) in [5, 5.41) is 12.7. The quantitative estimate of drug-likeness (QED) is 0.338. The number of nitrogens with zero attached hydrogens (tertiary/aromatic N) is 1. The number of hydrogen-bond acceptors (Lipinski definition) is 5. The zero-order valence-corrected chi connectivity index (χ0v) is 27.2. The Labute approximate surface area is 253 Å². The molecule has 1 amide bonds. The number of fused-ring (bicyclic) bond motifs is 7. The summed E-state index contributed by atoms with van der Waals surface area (Å²) in [7, 11) is 0. The van der Waals surface area contributed by atoms with Crippen molar-refractivity contribution in [2.75, 3.05) is 13.2 Å². The van der Waals surface area contributed by atoms with Crippen molar-refractivity contribution in [2.24, 2.45) is 50.2 Å². The highest BCUT2D eigenvalue weighted by Crippen LogP contribution is 2.75. The normalized spacial score (nSPS) is 41.5. The Morgan fingerprint density at radius 1 is 1.05 bits per heavy atom. The molecule has 0 saturated heterocycles. The maximum absolute atomic E-state index is 14.6. The van der Waals surface area contributed by atoms with Crippen LogP contribution in [0.25, 0.3) is 0 Å². The molecule has 6 nitrogen and oxygen atoms in total. The van der Waals surface area contributed by atoms with E-state index in [0.717, 1.165) is 63.4 Å². The summed E-state index contributed by atoms with van der Waals surface area (Å²) in [6.07, 6.45) is 12.6. The highest BCUT2D eigenvalue weighted by atomic mass is 16.5. The Kier molecular flexibility index (Phi) is 7.43. The molecular weight excluding hydrogens is 524 g/mol. The molecule has 5 aliphatic carbocycles. The Hall–Kier alpha value is -2.42. The molecule has 2 unspecified atom stereocenters. The Balaban J connectivity index is 1.54. The topological polar surface area (TPSA) is 96.3 Å². The Bertz CT molecular complexity index is 1290. The van der Waals surface area contributed by atoms with Crippen molar-refractivity contribution in [3.63, 3.8) is 0 Å². The van der Waals surface area contributed by atoms with Crippen molar-refractivity contribution in [2.45, 2.75) is 113 Å². The van der Waals surface area contributed by atoms with E-state index in [1.807, 2.05) is 32.9 Å². The van der Waals surface area contributed by atoms with Crippen molar-refractivity contribution in [1.29, 1.82) is 5.26 Å². The highest BCUT2D eigenvalue weighted by molar-refractivity contribution is 6.04.